The van der Waals surface area contributed by atoms with Gasteiger partial charge in [0.05, 0.1) is 11.1 Å². The summed E-state index contributed by atoms with van der Waals surface area (Å²) in [5.41, 5.74) is 0.806. The highest BCUT2D eigenvalue weighted by Crippen LogP contribution is 2.07. The van der Waals surface area contributed by atoms with Crippen LogP contribution in [0.3, 0.4) is 0 Å². The molecule has 1 aromatic carbocycles. The van der Waals surface area contributed by atoms with Gasteiger partial charge in [-0.05, 0) is 31.5 Å². The molecule has 0 amide bonds. The summed E-state index contributed by atoms with van der Waals surface area (Å²) >= 11 is 0. The third-order valence-electron chi connectivity index (χ3n) is 2.27. The number of carboxylic acids is 1. The Bertz CT molecular complexity index is 430. The van der Waals surface area contributed by atoms with E-state index in [9.17, 15) is 4.79 Å². The predicted octanol–water partition coefficient (Wildman–Crippen LogP) is 1.89. The first kappa shape index (κ1) is 12.3. The zero-order valence-electron chi connectivity index (χ0n) is 9.45. The van der Waals surface area contributed by atoms with Gasteiger partial charge in [-0.15, -0.1) is 6.42 Å². The number of hydrogen-bond acceptors (Lipinski definition) is 2. The standard InChI is InChI=1S/C13H15NO2/c1-4-13(2,3)14-9-10-6-5-7-11(8-10)12(15)16/h1,5-8,14H,9H2,2-3H3,(H,15,16). The van der Waals surface area contributed by atoms with Crippen LogP contribution in [0.25, 0.3) is 0 Å². The van der Waals surface area contributed by atoms with Gasteiger partial charge in [-0.25, -0.2) is 4.79 Å². The van der Waals surface area contributed by atoms with Crippen LogP contribution in [0.2, 0.25) is 0 Å². The third-order valence-corrected chi connectivity index (χ3v) is 2.27. The Morgan fingerprint density at radius 3 is 2.81 bits per heavy atom. The maximum Gasteiger partial charge on any atom is 0.335 e. The molecule has 0 heterocycles. The maximum absolute atomic E-state index is 10.8. The van der Waals surface area contributed by atoms with E-state index in [1.54, 1.807) is 18.2 Å². The van der Waals surface area contributed by atoms with Gasteiger partial charge in [0.2, 0.25) is 0 Å². The lowest BCUT2D eigenvalue weighted by Crippen LogP contribution is -2.36. The average molecular weight is 217 g/mol. The summed E-state index contributed by atoms with van der Waals surface area (Å²) in [6.07, 6.45) is 5.34. The molecule has 1 rings (SSSR count). The van der Waals surface area contributed by atoms with Crippen molar-refractivity contribution >= 4 is 5.97 Å². The van der Waals surface area contributed by atoms with E-state index in [0.717, 1.165) is 5.56 Å². The number of aromatic carboxylic acids is 1. The predicted molar refractivity (Wildman–Crippen MR) is 63.2 cm³/mol. The molecular weight excluding hydrogens is 202 g/mol. The molecule has 0 aliphatic heterocycles. The molecule has 0 aliphatic rings. The summed E-state index contributed by atoms with van der Waals surface area (Å²) in [6.45, 7) is 4.35. The van der Waals surface area contributed by atoms with Crippen molar-refractivity contribution in [3.63, 3.8) is 0 Å². The van der Waals surface area contributed by atoms with E-state index >= 15 is 0 Å². The fourth-order valence-corrected chi connectivity index (χ4v) is 1.19. The molecule has 3 heteroatoms. The molecule has 0 aliphatic carbocycles. The van der Waals surface area contributed by atoms with Gasteiger partial charge < -0.3 is 5.11 Å². The fourth-order valence-electron chi connectivity index (χ4n) is 1.19. The molecule has 16 heavy (non-hydrogen) atoms. The van der Waals surface area contributed by atoms with Crippen LogP contribution in [0.1, 0.15) is 29.8 Å². The molecule has 0 saturated heterocycles. The number of terminal acetylenes is 1. The highest BCUT2D eigenvalue weighted by atomic mass is 16.4. The maximum atomic E-state index is 10.8. The minimum absolute atomic E-state index is 0.290. The van der Waals surface area contributed by atoms with Crippen molar-refractivity contribution in [1.29, 1.82) is 0 Å². The van der Waals surface area contributed by atoms with Crippen LogP contribution in [0.15, 0.2) is 24.3 Å². The summed E-state index contributed by atoms with van der Waals surface area (Å²) in [5.74, 6) is 1.70. The monoisotopic (exact) mass is 217 g/mol. The van der Waals surface area contributed by atoms with Crippen LogP contribution in [0.5, 0.6) is 0 Å². The average Bonchev–Trinajstić information content (AvgIpc) is 2.27. The van der Waals surface area contributed by atoms with E-state index in [1.165, 1.54) is 0 Å². The van der Waals surface area contributed by atoms with Crippen molar-refractivity contribution < 1.29 is 9.90 Å². The molecule has 2 N–H and O–H groups in total. The zero-order chi connectivity index (χ0) is 12.2. The van der Waals surface area contributed by atoms with E-state index in [4.69, 9.17) is 11.5 Å². The van der Waals surface area contributed by atoms with Crippen molar-refractivity contribution in [1.82, 2.24) is 5.32 Å². The number of hydrogen-bond donors (Lipinski definition) is 2. The van der Waals surface area contributed by atoms with Gasteiger partial charge in [-0.1, -0.05) is 18.1 Å². The highest BCUT2D eigenvalue weighted by molar-refractivity contribution is 5.87. The Morgan fingerprint density at radius 1 is 1.56 bits per heavy atom. The second-order valence-corrected chi connectivity index (χ2v) is 4.13. The molecule has 0 atom stereocenters. The summed E-state index contributed by atoms with van der Waals surface area (Å²) in [7, 11) is 0. The molecule has 1 aromatic rings. The van der Waals surface area contributed by atoms with Crippen LogP contribution in [0.4, 0.5) is 0 Å². The quantitative estimate of drug-likeness (QED) is 0.757. The topological polar surface area (TPSA) is 49.3 Å². The fraction of sp³-hybridized carbons (Fsp3) is 0.308. The van der Waals surface area contributed by atoms with E-state index in [-0.39, 0.29) is 11.1 Å². The molecular formula is C13H15NO2. The Kier molecular flexibility index (Phi) is 3.70. The molecule has 0 saturated carbocycles. The van der Waals surface area contributed by atoms with Crippen LogP contribution < -0.4 is 5.32 Å². The molecule has 0 unspecified atom stereocenters. The molecule has 0 spiro atoms. The summed E-state index contributed by atoms with van der Waals surface area (Å²) < 4.78 is 0. The van der Waals surface area contributed by atoms with Gasteiger partial charge in [0.25, 0.3) is 0 Å². The van der Waals surface area contributed by atoms with Crippen molar-refractivity contribution in [2.75, 3.05) is 0 Å². The minimum Gasteiger partial charge on any atom is -0.478 e. The number of nitrogens with one attached hydrogen (secondary N) is 1. The van der Waals surface area contributed by atoms with Gasteiger partial charge in [0, 0.05) is 6.54 Å². The lowest BCUT2D eigenvalue weighted by Gasteiger charge is -2.19. The number of rotatable bonds is 4. The molecule has 0 radical (unpaired) electrons. The molecule has 0 fully saturated rings. The lowest BCUT2D eigenvalue weighted by atomic mass is 10.1. The van der Waals surface area contributed by atoms with Crippen LogP contribution in [0, 0.1) is 12.3 Å². The van der Waals surface area contributed by atoms with Crippen LogP contribution in [-0.2, 0) is 6.54 Å². The first-order valence-electron chi connectivity index (χ1n) is 4.99. The number of benzene rings is 1. The zero-order valence-corrected chi connectivity index (χ0v) is 9.45. The Hall–Kier alpha value is -1.79. The van der Waals surface area contributed by atoms with Gasteiger partial charge in [-0.2, -0.15) is 0 Å². The lowest BCUT2D eigenvalue weighted by molar-refractivity contribution is 0.0697. The second-order valence-electron chi connectivity index (χ2n) is 4.13. The highest BCUT2D eigenvalue weighted by Gasteiger charge is 2.12. The Balaban J connectivity index is 2.72. The Labute approximate surface area is 95.5 Å². The largest absolute Gasteiger partial charge is 0.478 e. The van der Waals surface area contributed by atoms with Crippen molar-refractivity contribution in [2.24, 2.45) is 0 Å². The Morgan fingerprint density at radius 2 is 2.25 bits per heavy atom. The van der Waals surface area contributed by atoms with Gasteiger partial charge in [0.15, 0.2) is 0 Å². The number of carboxylic acid groups (broad SMARTS) is 1. The number of carbonyl (C=O) groups is 1. The van der Waals surface area contributed by atoms with Crippen LogP contribution in [-0.4, -0.2) is 16.6 Å². The summed E-state index contributed by atoms with van der Waals surface area (Å²) in [5, 5.41) is 12.0. The third kappa shape index (κ3) is 3.41. The normalized spacial score (nSPS) is 10.8. The van der Waals surface area contributed by atoms with E-state index in [1.807, 2.05) is 19.9 Å². The van der Waals surface area contributed by atoms with Gasteiger partial charge in [-0.3, -0.25) is 5.32 Å². The van der Waals surface area contributed by atoms with Crippen molar-refractivity contribution in [3.8, 4) is 12.3 Å². The first-order chi connectivity index (χ1) is 7.44. The molecule has 0 bridgehead atoms. The van der Waals surface area contributed by atoms with E-state index in [2.05, 4.69) is 11.2 Å². The van der Waals surface area contributed by atoms with Gasteiger partial charge >= 0.3 is 5.97 Å². The SMILES string of the molecule is C#CC(C)(C)NCc1cccc(C(=O)O)c1. The second kappa shape index (κ2) is 4.82. The minimum atomic E-state index is -0.918. The molecule has 84 valence electrons. The summed E-state index contributed by atoms with van der Waals surface area (Å²) in [6, 6.07) is 6.80. The summed E-state index contributed by atoms with van der Waals surface area (Å²) in [4.78, 5) is 10.8. The first-order valence-corrected chi connectivity index (χ1v) is 4.99. The molecule has 3 nitrogen and oxygen atoms in total. The van der Waals surface area contributed by atoms with E-state index in [0.29, 0.717) is 6.54 Å². The smallest absolute Gasteiger partial charge is 0.335 e. The van der Waals surface area contributed by atoms with Gasteiger partial charge in [0.1, 0.15) is 0 Å². The molecule has 0 aromatic heterocycles. The van der Waals surface area contributed by atoms with Crippen LogP contribution >= 0.6 is 0 Å². The van der Waals surface area contributed by atoms with E-state index < -0.39 is 5.97 Å². The van der Waals surface area contributed by atoms with Crippen molar-refractivity contribution in [2.45, 2.75) is 25.9 Å². The van der Waals surface area contributed by atoms with Crippen molar-refractivity contribution in [3.05, 3.63) is 35.4 Å².